The van der Waals surface area contributed by atoms with Gasteiger partial charge in [0, 0.05) is 37.7 Å². The van der Waals surface area contributed by atoms with Crippen LogP contribution in [0.3, 0.4) is 0 Å². The van der Waals surface area contributed by atoms with Gasteiger partial charge in [0.25, 0.3) is 0 Å². The lowest BCUT2D eigenvalue weighted by Crippen LogP contribution is -2.62. The van der Waals surface area contributed by atoms with Crippen molar-refractivity contribution in [3.8, 4) is 5.75 Å². The van der Waals surface area contributed by atoms with Gasteiger partial charge in [-0.3, -0.25) is 48.1 Å². The minimum Gasteiger partial charge on any atom is -0.508 e. The molecule has 28 heteroatoms. The molecule has 0 aliphatic rings. The Hall–Kier alpha value is -7.88. The van der Waals surface area contributed by atoms with E-state index in [4.69, 9.17) is 22.3 Å². The summed E-state index contributed by atoms with van der Waals surface area (Å²) in [6, 6.07) is -5.56. The van der Waals surface area contributed by atoms with Crippen LogP contribution < -0.4 is 59.7 Å². The van der Waals surface area contributed by atoms with E-state index < -0.39 is 138 Å². The van der Waals surface area contributed by atoms with Crippen molar-refractivity contribution < 1.29 is 68.4 Å². The summed E-state index contributed by atoms with van der Waals surface area (Å²) in [5.41, 5.74) is 17.8. The Morgan fingerprint density at radius 3 is 1.78 bits per heavy atom. The second-order valence-corrected chi connectivity index (χ2v) is 19.5. The number of amides is 8. The Balaban J connectivity index is 2.44. The predicted octanol–water partition coefficient (Wildman–Crippen LogP) is -3.13. The first-order chi connectivity index (χ1) is 36.1. The molecule has 0 saturated carbocycles. The number of phenols is 1. The summed E-state index contributed by atoms with van der Waals surface area (Å²) in [5, 5.41) is 59.2. The molecule has 0 fully saturated rings. The van der Waals surface area contributed by atoms with Crippen molar-refractivity contribution in [3.63, 3.8) is 0 Å². The fraction of sp³-hybridized carbons (Fsp3) is 0.592. The molecule has 10 atom stereocenters. The molecule has 2 rings (SSSR count). The summed E-state index contributed by atoms with van der Waals surface area (Å²) in [6.07, 6.45) is 0.547. The number of carbonyl (C=O) groups is 10. The molecule has 0 saturated heterocycles. The number of nitrogens with two attached hydrogens (primary N) is 3. The van der Waals surface area contributed by atoms with Crippen molar-refractivity contribution >= 4 is 65.2 Å². The van der Waals surface area contributed by atoms with Crippen LogP contribution >= 0.6 is 0 Å². The quantitative estimate of drug-likeness (QED) is 0.0187. The number of nitrogens with one attached hydrogen (secondary N) is 9. The highest BCUT2D eigenvalue weighted by Crippen LogP contribution is 2.15. The first-order valence-electron chi connectivity index (χ1n) is 25.2. The molecule has 0 aliphatic carbocycles. The molecule has 2 aromatic rings. The summed E-state index contributed by atoms with van der Waals surface area (Å²) in [7, 11) is 0. The van der Waals surface area contributed by atoms with Crippen LogP contribution in [-0.4, -0.2) is 163 Å². The Morgan fingerprint density at radius 1 is 0.675 bits per heavy atom. The highest BCUT2D eigenvalue weighted by atomic mass is 16.4. The van der Waals surface area contributed by atoms with Gasteiger partial charge in [-0.05, 0) is 68.1 Å². The van der Waals surface area contributed by atoms with Gasteiger partial charge in [0.2, 0.25) is 47.3 Å². The van der Waals surface area contributed by atoms with Gasteiger partial charge in [-0.2, -0.15) is 0 Å². The lowest BCUT2D eigenvalue weighted by Gasteiger charge is -2.30. The van der Waals surface area contributed by atoms with Crippen LogP contribution in [0.2, 0.25) is 0 Å². The number of rotatable bonds is 34. The second kappa shape index (κ2) is 32.5. The SMILES string of the molecule is CC[C@H](C)[C@H](NC(=O)[C@H](CCCN=C(N)N)NC(=O)[C@@H](NC(=O)[C@H](Cc1ccc(O)cc1)NC(=O)[C@H](Cc1cnc[nH]1)NC(=O)[C@@H](N)CCC(=O)O)C(C)C)C(=O)N[C@H](C(=O)NCC(=O)N[C@@H](CC(C)C)C(=O)O)[C@@H](C)O. The molecular formula is C49H78N14O14. The fourth-order valence-electron chi connectivity index (χ4n) is 7.51. The molecular weight excluding hydrogens is 1010 g/mol. The number of aliphatic hydroxyl groups excluding tert-OH is 1. The van der Waals surface area contributed by atoms with Gasteiger partial charge < -0.3 is 85.1 Å². The van der Waals surface area contributed by atoms with Gasteiger partial charge in [-0.15, -0.1) is 0 Å². The standard InChI is InChI=1S/C49H78N14O14/c1-8-26(6)39(47(75)63-40(27(7)64)45(73)55-22-36(66)57-35(48(76)77)18-24(2)3)62-42(70)32(10-9-17-54-49(51)52)58-46(74)38(25(4)5)61-44(72)33(19-28-11-13-30(65)14-12-28)60-43(71)34(20-29-21-53-23-56-29)59-41(69)31(50)15-16-37(67)68/h11-14,21,23-27,31-35,38-40,64-65H,8-10,15-20,22,50H2,1-7H3,(H,53,56)(H,55,73)(H,57,66)(H,58,74)(H,59,69)(H,60,71)(H,61,72)(H,62,70)(H,63,75)(H,67,68)(H,76,77)(H4,51,52,54)/t26-,27+,31-,32-,33-,34-,35-,38-,39-,40-/m0/s1. The molecule has 28 nitrogen and oxygen atoms in total. The number of aliphatic carboxylic acids is 2. The topological polar surface area (TPSA) is 467 Å². The molecule has 1 aromatic carbocycles. The number of phenolic OH excluding ortho intramolecular Hbond substituents is 1. The number of hydrogen-bond acceptors (Lipinski definition) is 15. The van der Waals surface area contributed by atoms with Crippen molar-refractivity contribution in [1.29, 1.82) is 0 Å². The van der Waals surface area contributed by atoms with E-state index in [9.17, 15) is 63.3 Å². The minimum atomic E-state index is -1.66. The molecule has 0 spiro atoms. The molecule has 19 N–H and O–H groups in total. The third-order valence-electron chi connectivity index (χ3n) is 12.1. The Labute approximate surface area is 446 Å². The number of aliphatic imine (C=N–C) groups is 1. The zero-order chi connectivity index (χ0) is 58.1. The van der Waals surface area contributed by atoms with Gasteiger partial charge in [0.05, 0.1) is 25.0 Å². The number of carboxylic acid groups (broad SMARTS) is 2. The number of nitrogens with zero attached hydrogens (tertiary/aromatic N) is 2. The van der Waals surface area contributed by atoms with Crippen molar-refractivity contribution in [2.75, 3.05) is 13.1 Å². The van der Waals surface area contributed by atoms with Crippen LogP contribution in [0.4, 0.5) is 0 Å². The van der Waals surface area contributed by atoms with Gasteiger partial charge in [-0.25, -0.2) is 9.78 Å². The van der Waals surface area contributed by atoms with Crippen LogP contribution in [0.25, 0.3) is 0 Å². The number of imidazole rings is 1. The van der Waals surface area contributed by atoms with E-state index in [-0.39, 0.29) is 62.7 Å². The zero-order valence-corrected chi connectivity index (χ0v) is 44.5. The average molecular weight is 1090 g/mol. The molecule has 1 aromatic heterocycles. The van der Waals surface area contributed by atoms with Crippen molar-refractivity contribution in [2.45, 2.75) is 154 Å². The van der Waals surface area contributed by atoms with Crippen LogP contribution in [0.1, 0.15) is 98.2 Å². The van der Waals surface area contributed by atoms with E-state index in [1.807, 2.05) is 0 Å². The number of carbonyl (C=O) groups excluding carboxylic acids is 8. The summed E-state index contributed by atoms with van der Waals surface area (Å²) >= 11 is 0. The summed E-state index contributed by atoms with van der Waals surface area (Å²) in [6.45, 7) is 10.6. The second-order valence-electron chi connectivity index (χ2n) is 19.5. The highest BCUT2D eigenvalue weighted by molar-refractivity contribution is 5.98. The van der Waals surface area contributed by atoms with Crippen LogP contribution in [0.5, 0.6) is 5.75 Å². The molecule has 1 heterocycles. The number of aliphatic hydroxyl groups is 1. The molecule has 0 bridgehead atoms. The lowest BCUT2D eigenvalue weighted by atomic mass is 9.96. The third kappa shape index (κ3) is 23.7. The number of benzene rings is 1. The summed E-state index contributed by atoms with van der Waals surface area (Å²) in [4.78, 5) is 144. The summed E-state index contributed by atoms with van der Waals surface area (Å²) < 4.78 is 0. The first-order valence-corrected chi connectivity index (χ1v) is 25.2. The van der Waals surface area contributed by atoms with E-state index in [0.29, 0.717) is 17.7 Å². The molecule has 77 heavy (non-hydrogen) atoms. The van der Waals surface area contributed by atoms with Crippen LogP contribution in [0.15, 0.2) is 41.8 Å². The van der Waals surface area contributed by atoms with E-state index in [1.54, 1.807) is 41.5 Å². The van der Waals surface area contributed by atoms with E-state index >= 15 is 0 Å². The van der Waals surface area contributed by atoms with Crippen LogP contribution in [-0.2, 0) is 60.8 Å². The first kappa shape index (κ1) is 65.2. The maximum Gasteiger partial charge on any atom is 0.326 e. The number of aromatic amines is 1. The summed E-state index contributed by atoms with van der Waals surface area (Å²) in [5.74, 6) is -11.3. The van der Waals surface area contributed by atoms with Crippen LogP contribution in [0, 0.1) is 17.8 Å². The molecule has 0 aliphatic heterocycles. The maximum absolute atomic E-state index is 14.4. The number of guanidine groups is 1. The normalized spacial score (nSPS) is 15.1. The van der Waals surface area contributed by atoms with Crippen molar-refractivity contribution in [1.82, 2.24) is 52.5 Å². The lowest BCUT2D eigenvalue weighted by molar-refractivity contribution is -0.142. The van der Waals surface area contributed by atoms with Crippen molar-refractivity contribution in [2.24, 2.45) is 39.9 Å². The smallest absolute Gasteiger partial charge is 0.326 e. The Bertz CT molecular complexity index is 2330. The monoisotopic (exact) mass is 1090 g/mol. The van der Waals surface area contributed by atoms with Gasteiger partial charge >= 0.3 is 11.9 Å². The van der Waals surface area contributed by atoms with E-state index in [2.05, 4.69) is 57.5 Å². The fourth-order valence-corrected chi connectivity index (χ4v) is 7.51. The maximum atomic E-state index is 14.4. The van der Waals surface area contributed by atoms with Gasteiger partial charge in [-0.1, -0.05) is 60.1 Å². The minimum absolute atomic E-state index is 0.00816. The Kier molecular flexibility index (Phi) is 27.6. The number of hydrogen-bond donors (Lipinski definition) is 16. The number of aromatic nitrogens is 2. The zero-order valence-electron chi connectivity index (χ0n) is 44.5. The molecule has 428 valence electrons. The molecule has 8 amide bonds. The third-order valence-corrected chi connectivity index (χ3v) is 12.1. The average Bonchev–Trinajstić information content (AvgIpc) is 3.88. The van der Waals surface area contributed by atoms with E-state index in [1.165, 1.54) is 43.7 Å². The molecule has 0 unspecified atom stereocenters. The largest absolute Gasteiger partial charge is 0.508 e. The van der Waals surface area contributed by atoms with Crippen molar-refractivity contribution in [3.05, 3.63) is 48.0 Å². The number of aromatic hydroxyl groups is 1. The highest BCUT2D eigenvalue weighted by Gasteiger charge is 2.37. The van der Waals surface area contributed by atoms with Gasteiger partial charge in [0.1, 0.15) is 48.0 Å². The number of carboxylic acids is 2. The molecule has 0 radical (unpaired) electrons. The van der Waals surface area contributed by atoms with E-state index in [0.717, 1.165) is 0 Å². The Morgan fingerprint density at radius 2 is 1.23 bits per heavy atom. The van der Waals surface area contributed by atoms with Gasteiger partial charge in [0.15, 0.2) is 5.96 Å². The predicted molar refractivity (Wildman–Crippen MR) is 278 cm³/mol. The number of H-pyrrole nitrogens is 1.